The van der Waals surface area contributed by atoms with Crippen molar-refractivity contribution in [3.63, 3.8) is 0 Å². The zero-order chi connectivity index (χ0) is 21.5. The van der Waals surface area contributed by atoms with Gasteiger partial charge in [-0.25, -0.2) is 17.8 Å². The molecule has 0 aliphatic carbocycles. The molecule has 0 aliphatic rings. The van der Waals surface area contributed by atoms with E-state index in [0.717, 1.165) is 12.3 Å². The summed E-state index contributed by atoms with van der Waals surface area (Å²) in [5.41, 5.74) is 0.920. The number of methoxy groups -OCH3 is 1. The molecule has 2 heterocycles. The summed E-state index contributed by atoms with van der Waals surface area (Å²) in [7, 11) is -1.90. The molecule has 4 aromatic rings. The monoisotopic (exact) mass is 425 g/mol. The number of sulfone groups is 1. The molecule has 0 amide bonds. The van der Waals surface area contributed by atoms with Gasteiger partial charge in [0.25, 0.3) is 0 Å². The van der Waals surface area contributed by atoms with Crippen LogP contribution in [0.5, 0.6) is 5.88 Å². The second-order valence-electron chi connectivity index (χ2n) is 6.66. The van der Waals surface area contributed by atoms with Crippen molar-refractivity contribution in [2.24, 2.45) is 0 Å². The highest BCUT2D eigenvalue weighted by Crippen LogP contribution is 2.33. The van der Waals surface area contributed by atoms with Crippen LogP contribution in [0.25, 0.3) is 33.4 Å². The second kappa shape index (κ2) is 7.38. The first-order valence-electron chi connectivity index (χ1n) is 8.85. The van der Waals surface area contributed by atoms with Gasteiger partial charge in [-0.15, -0.1) is 0 Å². The summed E-state index contributed by atoms with van der Waals surface area (Å²) in [6.07, 6.45) is 2.59. The molecule has 0 spiro atoms. The molecule has 0 radical (unpaired) electrons. The van der Waals surface area contributed by atoms with E-state index in [0.29, 0.717) is 17.0 Å². The third-order valence-electron chi connectivity index (χ3n) is 4.63. The van der Waals surface area contributed by atoms with E-state index >= 15 is 0 Å². The Bertz CT molecular complexity index is 1410. The fourth-order valence-electron chi connectivity index (χ4n) is 3.13. The normalized spacial score (nSPS) is 11.6. The maximum Gasteiger partial charge on any atom is 0.212 e. The van der Waals surface area contributed by atoms with Gasteiger partial charge < -0.3 is 9.15 Å². The summed E-state index contributed by atoms with van der Waals surface area (Å²) < 4.78 is 48.3. The standard InChI is InChI=1S/C22H16FNO5S/c1-28-19-10-5-14(12-24-19)20-21(25)17-9-6-15(23)11-18(17)29-22(20)13-3-7-16(8-4-13)30(2,26)27/h3-12H,1-2H3. The number of pyridine rings is 1. The van der Waals surface area contributed by atoms with Gasteiger partial charge in [0, 0.05) is 35.7 Å². The molecule has 0 saturated heterocycles. The number of rotatable bonds is 4. The molecule has 152 valence electrons. The zero-order valence-corrected chi connectivity index (χ0v) is 16.9. The fraction of sp³-hybridized carbons (Fsp3) is 0.0909. The highest BCUT2D eigenvalue weighted by atomic mass is 32.2. The Balaban J connectivity index is 2.02. The number of hydrogen-bond donors (Lipinski definition) is 0. The van der Waals surface area contributed by atoms with Crippen LogP contribution in [-0.4, -0.2) is 26.8 Å². The van der Waals surface area contributed by atoms with Crippen LogP contribution in [0.2, 0.25) is 0 Å². The maximum atomic E-state index is 13.7. The number of ether oxygens (including phenoxy) is 1. The van der Waals surface area contributed by atoms with E-state index in [1.54, 1.807) is 24.3 Å². The average molecular weight is 425 g/mol. The van der Waals surface area contributed by atoms with Crippen LogP contribution in [0.3, 0.4) is 0 Å². The van der Waals surface area contributed by atoms with Crippen LogP contribution in [0, 0.1) is 5.82 Å². The van der Waals surface area contributed by atoms with Crippen molar-refractivity contribution in [3.05, 3.63) is 76.8 Å². The molecule has 8 heteroatoms. The van der Waals surface area contributed by atoms with Gasteiger partial charge in [-0.05, 0) is 42.5 Å². The number of fused-ring (bicyclic) bond motifs is 1. The van der Waals surface area contributed by atoms with Crippen LogP contribution in [0.15, 0.2) is 74.9 Å². The predicted octanol–water partition coefficient (Wildman–Crippen LogP) is 4.07. The minimum atomic E-state index is -3.39. The Morgan fingerprint density at radius 2 is 1.70 bits per heavy atom. The van der Waals surface area contributed by atoms with Gasteiger partial charge in [0.2, 0.25) is 11.3 Å². The Morgan fingerprint density at radius 3 is 2.30 bits per heavy atom. The Hall–Kier alpha value is -3.52. The number of hydrogen-bond acceptors (Lipinski definition) is 6. The topological polar surface area (TPSA) is 86.5 Å². The van der Waals surface area contributed by atoms with Gasteiger partial charge in [-0.3, -0.25) is 4.79 Å². The van der Waals surface area contributed by atoms with Gasteiger partial charge in [0.05, 0.1) is 23.0 Å². The van der Waals surface area contributed by atoms with Gasteiger partial charge in [-0.1, -0.05) is 0 Å². The molecule has 2 aromatic heterocycles. The minimum absolute atomic E-state index is 0.0902. The van der Waals surface area contributed by atoms with Crippen LogP contribution in [0.1, 0.15) is 0 Å². The highest BCUT2D eigenvalue weighted by molar-refractivity contribution is 7.90. The van der Waals surface area contributed by atoms with E-state index in [9.17, 15) is 17.6 Å². The molecule has 0 unspecified atom stereocenters. The number of benzene rings is 2. The lowest BCUT2D eigenvalue weighted by Crippen LogP contribution is -2.08. The maximum absolute atomic E-state index is 13.7. The lowest BCUT2D eigenvalue weighted by molar-refractivity contribution is 0.398. The Kier molecular flexibility index (Phi) is 4.87. The quantitative estimate of drug-likeness (QED) is 0.490. The molecule has 30 heavy (non-hydrogen) atoms. The van der Waals surface area contributed by atoms with Crippen molar-refractivity contribution < 1.29 is 22.0 Å². The van der Waals surface area contributed by atoms with E-state index in [2.05, 4.69) is 4.98 Å². The lowest BCUT2D eigenvalue weighted by Gasteiger charge is -2.11. The summed E-state index contributed by atoms with van der Waals surface area (Å²) in [5, 5.41) is 0.221. The van der Waals surface area contributed by atoms with Crippen molar-refractivity contribution in [1.82, 2.24) is 4.98 Å². The van der Waals surface area contributed by atoms with Crippen molar-refractivity contribution >= 4 is 20.8 Å². The van der Waals surface area contributed by atoms with Crippen molar-refractivity contribution in [2.45, 2.75) is 4.90 Å². The second-order valence-corrected chi connectivity index (χ2v) is 8.68. The van der Waals surface area contributed by atoms with Gasteiger partial charge in [0.1, 0.15) is 17.2 Å². The van der Waals surface area contributed by atoms with Crippen LogP contribution >= 0.6 is 0 Å². The van der Waals surface area contributed by atoms with Crippen molar-refractivity contribution in [1.29, 1.82) is 0 Å². The van der Waals surface area contributed by atoms with Crippen LogP contribution < -0.4 is 10.2 Å². The van der Waals surface area contributed by atoms with E-state index in [1.807, 2.05) is 0 Å². The van der Waals surface area contributed by atoms with Crippen molar-refractivity contribution in [3.8, 4) is 28.3 Å². The summed E-state index contributed by atoms with van der Waals surface area (Å²) >= 11 is 0. The first-order chi connectivity index (χ1) is 14.3. The smallest absolute Gasteiger partial charge is 0.212 e. The third-order valence-corrected chi connectivity index (χ3v) is 5.76. The summed E-state index contributed by atoms with van der Waals surface area (Å²) in [6, 6.07) is 12.9. The Labute approximate surface area is 171 Å². The molecule has 2 aromatic carbocycles. The average Bonchev–Trinajstić information content (AvgIpc) is 2.73. The van der Waals surface area contributed by atoms with E-state index < -0.39 is 15.7 Å². The number of aromatic nitrogens is 1. The summed E-state index contributed by atoms with van der Waals surface area (Å²) in [6.45, 7) is 0. The molecule has 0 aliphatic heterocycles. The molecule has 6 nitrogen and oxygen atoms in total. The van der Waals surface area contributed by atoms with Gasteiger partial charge >= 0.3 is 0 Å². The minimum Gasteiger partial charge on any atom is -0.481 e. The van der Waals surface area contributed by atoms with Gasteiger partial charge in [0.15, 0.2) is 9.84 Å². The molecule has 4 rings (SSSR count). The first kappa shape index (κ1) is 19.8. The molecule has 0 bridgehead atoms. The zero-order valence-electron chi connectivity index (χ0n) is 16.0. The van der Waals surface area contributed by atoms with E-state index in [1.165, 1.54) is 37.6 Å². The highest BCUT2D eigenvalue weighted by Gasteiger charge is 2.19. The molecule has 0 atom stereocenters. The third kappa shape index (κ3) is 3.57. The molecule has 0 N–H and O–H groups in total. The lowest BCUT2D eigenvalue weighted by atomic mass is 9.99. The summed E-state index contributed by atoms with van der Waals surface area (Å²) in [4.78, 5) is 17.6. The van der Waals surface area contributed by atoms with Crippen LogP contribution in [0.4, 0.5) is 4.39 Å². The molecular formula is C22H16FNO5S. The SMILES string of the molecule is COc1ccc(-c2c(-c3ccc(S(C)(=O)=O)cc3)oc3cc(F)ccc3c2=O)cn1. The number of halogens is 1. The van der Waals surface area contributed by atoms with E-state index in [4.69, 9.17) is 9.15 Å². The molecule has 0 fully saturated rings. The predicted molar refractivity (Wildman–Crippen MR) is 111 cm³/mol. The van der Waals surface area contributed by atoms with E-state index in [-0.39, 0.29) is 32.6 Å². The molecular weight excluding hydrogens is 409 g/mol. The number of nitrogens with zero attached hydrogens (tertiary/aromatic N) is 1. The van der Waals surface area contributed by atoms with Crippen LogP contribution in [-0.2, 0) is 9.84 Å². The first-order valence-corrected chi connectivity index (χ1v) is 10.7. The van der Waals surface area contributed by atoms with Gasteiger partial charge in [-0.2, -0.15) is 0 Å². The summed E-state index contributed by atoms with van der Waals surface area (Å²) in [5.74, 6) is 0.0260. The molecule has 0 saturated carbocycles. The van der Waals surface area contributed by atoms with Crippen molar-refractivity contribution in [2.75, 3.05) is 13.4 Å². The largest absolute Gasteiger partial charge is 0.481 e. The fourth-order valence-corrected chi connectivity index (χ4v) is 3.77. The Morgan fingerprint density at radius 1 is 1.00 bits per heavy atom.